The topological polar surface area (TPSA) is 158 Å². The average molecular weight is 1480 g/mol. The molecule has 12 nitrogen and oxygen atoms in total. The van der Waals surface area contributed by atoms with Crippen molar-refractivity contribution in [3.63, 3.8) is 0 Å². The maximum atomic E-state index is 13.1. The van der Waals surface area contributed by atoms with Crippen LogP contribution in [0.3, 0.4) is 0 Å². The highest BCUT2D eigenvalue weighted by Gasteiger charge is 2.37. The monoisotopic (exact) mass is 1470 g/mol. The molecule has 0 bridgehead atoms. The zero-order valence-electron chi connectivity index (χ0n) is 65.8. The van der Waals surface area contributed by atoms with Crippen LogP contribution in [0.25, 0.3) is 97.0 Å². The lowest BCUT2D eigenvalue weighted by Crippen LogP contribution is -2.34. The molecule has 4 unspecified atom stereocenters. The van der Waals surface area contributed by atoms with Gasteiger partial charge in [-0.2, -0.15) is 0 Å². The zero-order valence-corrected chi connectivity index (χ0v) is 65.8. The lowest BCUT2D eigenvalue weighted by molar-refractivity contribution is -0.167. The van der Waals surface area contributed by atoms with Crippen LogP contribution < -0.4 is 0 Å². The molecule has 0 N–H and O–H groups in total. The van der Waals surface area contributed by atoms with Crippen molar-refractivity contribution in [2.45, 2.75) is 208 Å². The number of carbonyl (C=O) groups excluding carboxylic acids is 6. The highest BCUT2D eigenvalue weighted by molar-refractivity contribution is 6.17. The fourth-order valence-electron chi connectivity index (χ4n) is 15.9. The maximum absolute atomic E-state index is 13.1. The predicted octanol–water partition coefficient (Wildman–Crippen LogP) is 24.0. The smallest absolute Gasteiger partial charge is 0.309 e. The first-order valence-corrected chi connectivity index (χ1v) is 40.3. The van der Waals surface area contributed by atoms with Gasteiger partial charge in [0.1, 0.15) is 35.6 Å². The SMILES string of the molecule is CCC(C)C(=O)OC1CCC(C(=O)OC(C)(C)c2ccc3c(ccc4c5ccccc5ccc34)c2)CC1.CCC(C)C(=O)OC1CCC(C(=O)OC(C)(C)c2ccc3cc4cc5ccccc5cc4cc3c2)CC1.CCC(C)C(=O)OC1CCC(C(=O)OC(C)c2ccc3cc4cc5ccccc5cc4cc3c2)CC1. The second kappa shape index (κ2) is 34.0. The summed E-state index contributed by atoms with van der Waals surface area (Å²) in [6, 6.07) is 70.8. The third-order valence-corrected chi connectivity index (χ3v) is 23.9. The Morgan fingerprint density at radius 3 is 1.01 bits per heavy atom. The molecule has 3 aliphatic carbocycles. The molecule has 0 radical (unpaired) electrons. The van der Waals surface area contributed by atoms with Gasteiger partial charge in [0.15, 0.2) is 0 Å². The molecule has 3 saturated carbocycles. The van der Waals surface area contributed by atoms with Crippen LogP contribution in [0.4, 0.5) is 0 Å². The van der Waals surface area contributed by atoms with Gasteiger partial charge in [0.25, 0.3) is 0 Å². The van der Waals surface area contributed by atoms with Gasteiger partial charge >= 0.3 is 35.8 Å². The highest BCUT2D eigenvalue weighted by atomic mass is 16.6. The standard InChI is InChI=1S/2C33H36O4.C32H34O4/c1-5-21(2)31(34)36-26-15-10-23(11-16-26)32(35)37-33(3,4)25-14-19-28-24(20-25)13-18-29-27-9-7-6-8-22(27)12-17-30(28)29;1-5-21(2)31(34)36-30-14-11-22(12-15-30)32(35)37-33(3,4)29-13-10-25-18-26-16-23-8-6-7-9-24(23)17-27(26)19-28(25)20-29;1-4-20(2)31(33)36-30-13-11-22(12-14-30)32(34)35-21(3)23-9-10-26-18-28-16-24-7-5-6-8-25(24)17-29(28)19-27(26)15-23/h6-9,12-14,17-21,23,26H,5,10-11,15-16H2,1-4H3;6-10,13,16-22,30H,5,11-12,14-15H2,1-4H3;5-10,15-22,30H,4,11-14H2,1-3H3. The molecular weight excluding hydrogens is 1370 g/mol. The zero-order chi connectivity index (χ0) is 77.5. The molecular formula is C98H106O12. The van der Waals surface area contributed by atoms with Crippen molar-refractivity contribution in [3.05, 3.63) is 217 Å². The van der Waals surface area contributed by atoms with E-state index in [2.05, 4.69) is 200 Å². The fraction of sp³-hybridized carbons (Fsp3) is 0.388. The summed E-state index contributed by atoms with van der Waals surface area (Å²) in [5, 5.41) is 21.7. The van der Waals surface area contributed by atoms with E-state index < -0.39 is 11.2 Å². The Labute approximate surface area is 646 Å². The van der Waals surface area contributed by atoms with Crippen molar-refractivity contribution in [2.24, 2.45) is 35.5 Å². The summed E-state index contributed by atoms with van der Waals surface area (Å²) < 4.78 is 35.0. The molecule has 4 atom stereocenters. The number of carbonyl (C=O) groups is 6. The number of esters is 6. The minimum atomic E-state index is -0.747. The van der Waals surface area contributed by atoms with E-state index >= 15 is 0 Å². The van der Waals surface area contributed by atoms with E-state index in [4.69, 9.17) is 28.4 Å². The predicted molar refractivity (Wildman–Crippen MR) is 444 cm³/mol. The van der Waals surface area contributed by atoms with Gasteiger partial charge in [-0.25, -0.2) is 0 Å². The van der Waals surface area contributed by atoms with Crippen molar-refractivity contribution in [3.8, 4) is 0 Å². The Kier molecular flexibility index (Phi) is 24.1. The Balaban J connectivity index is 0.000000145. The van der Waals surface area contributed by atoms with Crippen molar-refractivity contribution < 1.29 is 57.2 Å². The van der Waals surface area contributed by atoms with Crippen LogP contribution in [0, 0.1) is 35.5 Å². The molecule has 0 aliphatic heterocycles. The summed E-state index contributed by atoms with van der Waals surface area (Å²) in [4.78, 5) is 75.4. The van der Waals surface area contributed by atoms with Crippen LogP contribution in [0.15, 0.2) is 200 Å². The van der Waals surface area contributed by atoms with Crippen molar-refractivity contribution >= 4 is 133 Å². The van der Waals surface area contributed by atoms with E-state index in [1.165, 1.54) is 80.8 Å². The Bertz CT molecular complexity index is 5310. The van der Waals surface area contributed by atoms with Crippen LogP contribution in [-0.4, -0.2) is 54.1 Å². The third kappa shape index (κ3) is 18.0. The number of hydrogen-bond acceptors (Lipinski definition) is 12. The molecule has 12 aromatic rings. The number of rotatable bonds is 18. The van der Waals surface area contributed by atoms with E-state index in [1.54, 1.807) is 0 Å². The largest absolute Gasteiger partial charge is 0.462 e. The first-order valence-electron chi connectivity index (χ1n) is 40.3. The molecule has 3 aliphatic rings. The second-order valence-electron chi connectivity index (χ2n) is 32.5. The second-order valence-corrected chi connectivity index (χ2v) is 32.5. The molecule has 0 spiro atoms. The summed E-state index contributed by atoms with van der Waals surface area (Å²) >= 11 is 0. The van der Waals surface area contributed by atoms with Gasteiger partial charge in [0.2, 0.25) is 0 Å². The highest BCUT2D eigenvalue weighted by Crippen LogP contribution is 2.40. The Hall–Kier alpha value is -10.2. The number of hydrogen-bond donors (Lipinski definition) is 0. The lowest BCUT2D eigenvalue weighted by atomic mass is 9.87. The summed E-state index contributed by atoms with van der Waals surface area (Å²) in [6.45, 7) is 21.4. The lowest BCUT2D eigenvalue weighted by Gasteiger charge is -2.32. The molecule has 0 saturated heterocycles. The molecule has 3 fully saturated rings. The Morgan fingerprint density at radius 1 is 0.309 bits per heavy atom. The van der Waals surface area contributed by atoms with Gasteiger partial charge in [-0.3, -0.25) is 28.8 Å². The molecule has 570 valence electrons. The quantitative estimate of drug-likeness (QED) is 0.0347. The third-order valence-electron chi connectivity index (χ3n) is 23.9. The molecule has 0 aromatic heterocycles. The van der Waals surface area contributed by atoms with E-state index in [-0.39, 0.29) is 95.7 Å². The summed E-state index contributed by atoms with van der Waals surface area (Å²) in [5.41, 5.74) is 1.45. The van der Waals surface area contributed by atoms with Gasteiger partial charge in [-0.1, -0.05) is 175 Å². The van der Waals surface area contributed by atoms with Gasteiger partial charge in [-0.15, -0.1) is 0 Å². The number of benzene rings is 12. The van der Waals surface area contributed by atoms with Crippen LogP contribution in [0.2, 0.25) is 0 Å². The van der Waals surface area contributed by atoms with Crippen LogP contribution >= 0.6 is 0 Å². The number of fused-ring (bicyclic) bond motifs is 11. The van der Waals surface area contributed by atoms with Crippen LogP contribution in [-0.2, 0) is 68.4 Å². The van der Waals surface area contributed by atoms with E-state index in [0.29, 0.717) is 77.0 Å². The van der Waals surface area contributed by atoms with Gasteiger partial charge in [0.05, 0.1) is 35.5 Å². The first kappa shape index (κ1) is 77.9. The number of ether oxygens (including phenoxy) is 6. The fourth-order valence-corrected chi connectivity index (χ4v) is 15.9. The molecule has 110 heavy (non-hydrogen) atoms. The molecule has 0 heterocycles. The van der Waals surface area contributed by atoms with Gasteiger partial charge < -0.3 is 28.4 Å². The summed E-state index contributed by atoms with van der Waals surface area (Å²) in [5.74, 6) is -1.57. The van der Waals surface area contributed by atoms with Crippen molar-refractivity contribution in [1.82, 2.24) is 0 Å². The summed E-state index contributed by atoms with van der Waals surface area (Å²) in [6.07, 6.45) is 10.1. The maximum Gasteiger partial charge on any atom is 0.309 e. The average Bonchev–Trinajstić information content (AvgIpc) is 0.759. The molecule has 12 heteroatoms. The van der Waals surface area contributed by atoms with Crippen LogP contribution in [0.5, 0.6) is 0 Å². The van der Waals surface area contributed by atoms with E-state index in [9.17, 15) is 28.8 Å². The van der Waals surface area contributed by atoms with Gasteiger partial charge in [0, 0.05) is 0 Å². The minimum Gasteiger partial charge on any atom is -0.462 e. The molecule has 15 rings (SSSR count). The first-order chi connectivity index (χ1) is 52.9. The molecule has 12 aromatic carbocycles. The van der Waals surface area contributed by atoms with Crippen molar-refractivity contribution in [2.75, 3.05) is 0 Å². The normalized spacial score (nSPS) is 19.3. The minimum absolute atomic E-state index is 0.0761. The van der Waals surface area contributed by atoms with E-state index in [0.717, 1.165) is 52.1 Å². The summed E-state index contributed by atoms with van der Waals surface area (Å²) in [7, 11) is 0. The van der Waals surface area contributed by atoms with Crippen LogP contribution in [0.1, 0.15) is 195 Å². The molecule has 0 amide bonds. The van der Waals surface area contributed by atoms with Crippen molar-refractivity contribution in [1.29, 1.82) is 0 Å². The van der Waals surface area contributed by atoms with Gasteiger partial charge in [-0.05, 0) is 311 Å². The van der Waals surface area contributed by atoms with E-state index in [1.807, 2.05) is 76.2 Å². The Morgan fingerprint density at radius 2 is 0.600 bits per heavy atom.